The molecule has 1 aromatic heterocycles. The number of carbonyl (C=O) groups excluding carboxylic acids is 1. The monoisotopic (exact) mass is 431 g/mol. The van der Waals surface area contributed by atoms with Crippen LogP contribution in [0.5, 0.6) is 5.75 Å². The van der Waals surface area contributed by atoms with E-state index >= 15 is 0 Å². The molecule has 0 aliphatic rings. The van der Waals surface area contributed by atoms with E-state index in [4.69, 9.17) is 14.5 Å². The predicted molar refractivity (Wildman–Crippen MR) is 130 cm³/mol. The second-order valence-electron chi connectivity index (χ2n) is 8.42. The molecule has 4 rings (SSSR count). The summed E-state index contributed by atoms with van der Waals surface area (Å²) < 4.78 is 12.0. The first-order valence-electron chi connectivity index (χ1n) is 10.8. The number of benzene rings is 3. The van der Waals surface area contributed by atoms with Crippen molar-refractivity contribution in [3.05, 3.63) is 60.2 Å². The zero-order valence-corrected chi connectivity index (χ0v) is 19.1. The lowest BCUT2D eigenvalue weighted by molar-refractivity contribution is 0.0486. The first-order valence-corrected chi connectivity index (χ1v) is 10.8. The third kappa shape index (κ3) is 4.52. The number of likely N-dealkylation sites (N-methyl/N-ethyl adjacent to an activating group) is 2. The second-order valence-corrected chi connectivity index (χ2v) is 8.42. The van der Waals surface area contributed by atoms with Crippen LogP contribution in [0.4, 0.5) is 0 Å². The highest BCUT2D eigenvalue weighted by Crippen LogP contribution is 2.39. The number of carbonyl (C=O) groups is 1. The van der Waals surface area contributed by atoms with Gasteiger partial charge in [0.25, 0.3) is 0 Å². The van der Waals surface area contributed by atoms with Crippen molar-refractivity contribution >= 4 is 38.5 Å². The van der Waals surface area contributed by atoms with E-state index in [1.165, 1.54) is 0 Å². The minimum atomic E-state index is -0.358. The van der Waals surface area contributed by atoms with Crippen molar-refractivity contribution in [2.24, 2.45) is 0 Å². The van der Waals surface area contributed by atoms with Crippen LogP contribution in [-0.4, -0.2) is 75.2 Å². The third-order valence-electron chi connectivity index (χ3n) is 5.41. The highest BCUT2D eigenvalue weighted by atomic mass is 16.5. The second kappa shape index (κ2) is 9.51. The number of esters is 1. The Kier molecular flexibility index (Phi) is 6.53. The fourth-order valence-corrected chi connectivity index (χ4v) is 3.76. The van der Waals surface area contributed by atoms with Crippen LogP contribution in [0.25, 0.3) is 32.6 Å². The smallest absolute Gasteiger partial charge is 0.339 e. The molecule has 3 aromatic carbocycles. The molecular formula is C26H29N3O3. The summed E-state index contributed by atoms with van der Waals surface area (Å²) in [6.07, 6.45) is 0. The molecular weight excluding hydrogens is 402 g/mol. The molecule has 0 spiro atoms. The van der Waals surface area contributed by atoms with Gasteiger partial charge in [0.15, 0.2) is 0 Å². The van der Waals surface area contributed by atoms with Crippen LogP contribution in [0.1, 0.15) is 10.4 Å². The van der Waals surface area contributed by atoms with E-state index in [0.29, 0.717) is 36.5 Å². The molecule has 166 valence electrons. The first-order chi connectivity index (χ1) is 15.5. The number of nitrogens with zero attached hydrogens (tertiary/aromatic N) is 3. The SMILES string of the molecule is CN(C)CCOC(=O)c1c2ccccc2nc2cc3ccccc3c(OCCN(C)C)c12. The minimum absolute atomic E-state index is 0.314. The average molecular weight is 432 g/mol. The molecule has 6 heteroatoms. The number of para-hydroxylation sites is 1. The Hall–Kier alpha value is -3.22. The summed E-state index contributed by atoms with van der Waals surface area (Å²) in [6, 6.07) is 17.8. The molecule has 4 aromatic rings. The maximum Gasteiger partial charge on any atom is 0.339 e. The van der Waals surface area contributed by atoms with Crippen LogP contribution < -0.4 is 4.74 Å². The number of hydrogen-bond donors (Lipinski definition) is 0. The number of fused-ring (bicyclic) bond motifs is 3. The highest BCUT2D eigenvalue weighted by Gasteiger charge is 2.22. The predicted octanol–water partition coefficient (Wildman–Crippen LogP) is 4.20. The van der Waals surface area contributed by atoms with Gasteiger partial charge in [-0.1, -0.05) is 42.5 Å². The number of hydrogen-bond acceptors (Lipinski definition) is 6. The maximum absolute atomic E-state index is 13.4. The van der Waals surface area contributed by atoms with Gasteiger partial charge in [-0.2, -0.15) is 0 Å². The van der Waals surface area contributed by atoms with Gasteiger partial charge in [0.2, 0.25) is 0 Å². The van der Waals surface area contributed by atoms with Crippen molar-refractivity contribution in [3.63, 3.8) is 0 Å². The van der Waals surface area contributed by atoms with Crippen molar-refractivity contribution < 1.29 is 14.3 Å². The van der Waals surface area contributed by atoms with Gasteiger partial charge in [0, 0.05) is 23.9 Å². The molecule has 0 N–H and O–H groups in total. The molecule has 6 nitrogen and oxygen atoms in total. The minimum Gasteiger partial charge on any atom is -0.491 e. The van der Waals surface area contributed by atoms with Gasteiger partial charge < -0.3 is 19.3 Å². The van der Waals surface area contributed by atoms with Crippen LogP contribution in [-0.2, 0) is 4.74 Å². The Morgan fingerprint density at radius 2 is 1.50 bits per heavy atom. The molecule has 0 aliphatic heterocycles. The number of aromatic nitrogens is 1. The summed E-state index contributed by atoms with van der Waals surface area (Å²) >= 11 is 0. The molecule has 0 radical (unpaired) electrons. The third-order valence-corrected chi connectivity index (χ3v) is 5.41. The van der Waals surface area contributed by atoms with Crippen molar-refractivity contribution in [3.8, 4) is 5.75 Å². The summed E-state index contributed by atoms with van der Waals surface area (Å²) in [5.74, 6) is 0.320. The van der Waals surface area contributed by atoms with Crippen LogP contribution in [0.3, 0.4) is 0 Å². The molecule has 0 aliphatic carbocycles. The van der Waals surface area contributed by atoms with E-state index in [0.717, 1.165) is 33.7 Å². The number of rotatable bonds is 8. The van der Waals surface area contributed by atoms with Gasteiger partial charge in [-0.15, -0.1) is 0 Å². The van der Waals surface area contributed by atoms with Crippen molar-refractivity contribution in [2.75, 3.05) is 54.5 Å². The van der Waals surface area contributed by atoms with Gasteiger partial charge in [-0.3, -0.25) is 0 Å². The Morgan fingerprint density at radius 1 is 0.844 bits per heavy atom. The number of ether oxygens (including phenoxy) is 2. The van der Waals surface area contributed by atoms with Gasteiger partial charge >= 0.3 is 5.97 Å². The zero-order valence-electron chi connectivity index (χ0n) is 19.1. The van der Waals surface area contributed by atoms with Gasteiger partial charge in [0.05, 0.1) is 22.0 Å². The summed E-state index contributed by atoms with van der Waals surface area (Å²) in [6.45, 7) is 2.22. The van der Waals surface area contributed by atoms with Crippen molar-refractivity contribution in [1.82, 2.24) is 14.8 Å². The molecule has 0 unspecified atom stereocenters. The van der Waals surface area contributed by atoms with E-state index < -0.39 is 0 Å². The lowest BCUT2D eigenvalue weighted by atomic mass is 9.98. The Morgan fingerprint density at radius 3 is 2.25 bits per heavy atom. The number of pyridine rings is 1. The Labute approximate surface area is 188 Å². The molecule has 32 heavy (non-hydrogen) atoms. The summed E-state index contributed by atoms with van der Waals surface area (Å²) in [5.41, 5.74) is 1.99. The van der Waals surface area contributed by atoms with E-state index in [9.17, 15) is 4.79 Å². The topological polar surface area (TPSA) is 54.9 Å². The van der Waals surface area contributed by atoms with Gasteiger partial charge in [0.1, 0.15) is 19.0 Å². The van der Waals surface area contributed by atoms with Crippen LogP contribution in [0.15, 0.2) is 54.6 Å². The van der Waals surface area contributed by atoms with Gasteiger partial charge in [-0.05, 0) is 45.7 Å². The fourth-order valence-electron chi connectivity index (χ4n) is 3.76. The van der Waals surface area contributed by atoms with Crippen molar-refractivity contribution in [2.45, 2.75) is 0 Å². The summed E-state index contributed by atoms with van der Waals surface area (Å²) in [7, 11) is 7.92. The quantitative estimate of drug-likeness (QED) is 0.308. The van der Waals surface area contributed by atoms with E-state index in [-0.39, 0.29) is 5.97 Å². The fraction of sp³-hybridized carbons (Fsp3) is 0.308. The molecule has 0 fully saturated rings. The Balaban J connectivity index is 1.96. The lowest BCUT2D eigenvalue weighted by Crippen LogP contribution is -2.21. The standard InChI is InChI=1S/C26H29N3O3/c1-28(2)13-15-31-25-19-10-6-5-9-18(19)17-22-24(25)23(26(30)32-16-14-29(3)4)20-11-7-8-12-21(20)27-22/h5-12,17H,13-16H2,1-4H3. The van der Waals surface area contributed by atoms with E-state index in [1.54, 1.807) is 0 Å². The largest absolute Gasteiger partial charge is 0.491 e. The van der Waals surface area contributed by atoms with Crippen LogP contribution >= 0.6 is 0 Å². The normalized spacial score (nSPS) is 11.7. The van der Waals surface area contributed by atoms with E-state index in [2.05, 4.69) is 4.90 Å². The lowest BCUT2D eigenvalue weighted by Gasteiger charge is -2.18. The van der Waals surface area contributed by atoms with E-state index in [1.807, 2.05) is 87.7 Å². The zero-order chi connectivity index (χ0) is 22.7. The molecule has 1 heterocycles. The molecule has 0 saturated heterocycles. The molecule has 0 bridgehead atoms. The summed E-state index contributed by atoms with van der Waals surface area (Å²) in [5, 5.41) is 3.45. The maximum atomic E-state index is 13.4. The van der Waals surface area contributed by atoms with Crippen molar-refractivity contribution in [1.29, 1.82) is 0 Å². The first kappa shape index (κ1) is 22.0. The molecule has 0 atom stereocenters. The Bertz CT molecular complexity index is 1260. The van der Waals surface area contributed by atoms with Gasteiger partial charge in [-0.25, -0.2) is 9.78 Å². The summed E-state index contributed by atoms with van der Waals surface area (Å²) in [4.78, 5) is 22.3. The van der Waals surface area contributed by atoms with Crippen LogP contribution in [0, 0.1) is 0 Å². The molecule has 0 amide bonds. The average Bonchev–Trinajstić information content (AvgIpc) is 2.76. The molecule has 0 saturated carbocycles. The highest BCUT2D eigenvalue weighted by molar-refractivity contribution is 6.19. The van der Waals surface area contributed by atoms with Crippen LogP contribution in [0.2, 0.25) is 0 Å².